The Balaban J connectivity index is 1.92. The van der Waals surface area contributed by atoms with Gasteiger partial charge in [-0.05, 0) is 30.7 Å². The van der Waals surface area contributed by atoms with Crippen LogP contribution in [0.2, 0.25) is 0 Å². The van der Waals surface area contributed by atoms with Gasteiger partial charge in [-0.3, -0.25) is 14.9 Å². The summed E-state index contributed by atoms with van der Waals surface area (Å²) in [6, 6.07) is 13.6. The van der Waals surface area contributed by atoms with Crippen molar-refractivity contribution in [2.45, 2.75) is 6.42 Å². The lowest BCUT2D eigenvalue weighted by molar-refractivity contribution is -0.385. The van der Waals surface area contributed by atoms with Gasteiger partial charge in [-0.2, -0.15) is 0 Å². The van der Waals surface area contributed by atoms with Crippen molar-refractivity contribution < 1.29 is 14.5 Å². The van der Waals surface area contributed by atoms with E-state index in [2.05, 4.69) is 5.32 Å². The minimum absolute atomic E-state index is 0.133. The van der Waals surface area contributed by atoms with Gasteiger partial charge in [0, 0.05) is 23.9 Å². The highest BCUT2D eigenvalue weighted by Gasteiger charge is 2.11. The van der Waals surface area contributed by atoms with Crippen molar-refractivity contribution in [1.29, 1.82) is 0 Å². The number of nitrogens with zero attached hydrogens (tertiary/aromatic N) is 1. The molecule has 0 atom stereocenters. The van der Waals surface area contributed by atoms with Crippen molar-refractivity contribution in [2.75, 3.05) is 11.9 Å². The molecule has 108 valence electrons. The van der Waals surface area contributed by atoms with Crippen molar-refractivity contribution >= 4 is 17.8 Å². The first-order valence-electron chi connectivity index (χ1n) is 6.37. The summed E-state index contributed by atoms with van der Waals surface area (Å²) >= 11 is 0. The molecule has 6 heteroatoms. The summed E-state index contributed by atoms with van der Waals surface area (Å²) in [6.45, 7) is 0.940. The molecule has 0 aliphatic heterocycles. The molecule has 2 aromatic rings. The maximum Gasteiger partial charge on any atom is 0.298 e. The minimum Gasteiger partial charge on any atom is -0.429 e. The zero-order valence-electron chi connectivity index (χ0n) is 11.2. The second-order valence-corrected chi connectivity index (χ2v) is 4.30. The molecule has 0 radical (unpaired) electrons. The number of nitro groups is 1. The van der Waals surface area contributed by atoms with Crippen molar-refractivity contribution in [3.05, 3.63) is 64.2 Å². The van der Waals surface area contributed by atoms with Crippen LogP contribution in [0.15, 0.2) is 48.5 Å². The number of hydrogen-bond acceptors (Lipinski definition) is 5. The van der Waals surface area contributed by atoms with Crippen LogP contribution in [0.25, 0.3) is 0 Å². The number of hydrogen-bond donors (Lipinski definition) is 1. The van der Waals surface area contributed by atoms with Gasteiger partial charge in [0.25, 0.3) is 12.2 Å². The van der Waals surface area contributed by atoms with Crippen LogP contribution in [-0.4, -0.2) is 17.9 Å². The molecule has 2 rings (SSSR count). The van der Waals surface area contributed by atoms with Crippen LogP contribution in [0, 0.1) is 10.1 Å². The predicted molar refractivity (Wildman–Crippen MR) is 78.4 cm³/mol. The molecule has 0 aliphatic rings. The Kier molecular flexibility index (Phi) is 4.87. The summed E-state index contributed by atoms with van der Waals surface area (Å²) < 4.78 is 4.69. The summed E-state index contributed by atoms with van der Waals surface area (Å²) in [7, 11) is 0. The topological polar surface area (TPSA) is 81.5 Å². The van der Waals surface area contributed by atoms with Crippen LogP contribution in [0.3, 0.4) is 0 Å². The van der Waals surface area contributed by atoms with Gasteiger partial charge in [0.05, 0.1) is 4.92 Å². The molecule has 2 aromatic carbocycles. The number of nitrogens with one attached hydrogen (secondary N) is 1. The first kappa shape index (κ1) is 14.5. The molecule has 0 spiro atoms. The average molecular weight is 286 g/mol. The minimum atomic E-state index is -0.374. The molecule has 1 N–H and O–H groups in total. The van der Waals surface area contributed by atoms with E-state index in [0.717, 1.165) is 5.69 Å². The molecule has 6 nitrogen and oxygen atoms in total. The number of benzene rings is 2. The van der Waals surface area contributed by atoms with Crippen LogP contribution < -0.4 is 10.1 Å². The fourth-order valence-corrected chi connectivity index (χ4v) is 1.95. The van der Waals surface area contributed by atoms with Gasteiger partial charge in [-0.15, -0.1) is 0 Å². The molecular weight excluding hydrogens is 272 g/mol. The summed E-state index contributed by atoms with van der Waals surface area (Å²) in [5.41, 5.74) is 1.68. The van der Waals surface area contributed by atoms with Crippen molar-refractivity contribution in [1.82, 2.24) is 0 Å². The van der Waals surface area contributed by atoms with Crippen molar-refractivity contribution in [3.8, 4) is 5.75 Å². The summed E-state index contributed by atoms with van der Waals surface area (Å²) in [5.74, 6) is 0.467. The van der Waals surface area contributed by atoms with Gasteiger partial charge in [0.1, 0.15) is 5.75 Å². The summed E-state index contributed by atoms with van der Waals surface area (Å²) in [4.78, 5) is 20.7. The van der Waals surface area contributed by atoms with Crippen molar-refractivity contribution in [2.24, 2.45) is 0 Å². The van der Waals surface area contributed by atoms with Gasteiger partial charge >= 0.3 is 0 Å². The van der Waals surface area contributed by atoms with Crippen LogP contribution in [-0.2, 0) is 11.2 Å². The number of anilines is 1. The first-order chi connectivity index (χ1) is 10.2. The molecule has 0 saturated heterocycles. The van der Waals surface area contributed by atoms with E-state index in [9.17, 15) is 14.9 Å². The number of ether oxygens (including phenoxy) is 1. The number of carbonyl (C=O) groups is 1. The number of para-hydroxylation sites is 1. The quantitative estimate of drug-likeness (QED) is 0.481. The smallest absolute Gasteiger partial charge is 0.298 e. The molecule has 0 saturated carbocycles. The van der Waals surface area contributed by atoms with E-state index >= 15 is 0 Å². The Hall–Kier alpha value is -2.89. The number of nitro benzene ring substituents is 1. The Morgan fingerprint density at radius 2 is 1.86 bits per heavy atom. The maximum absolute atomic E-state index is 10.9. The second-order valence-electron chi connectivity index (χ2n) is 4.30. The molecule has 0 bridgehead atoms. The summed E-state index contributed by atoms with van der Waals surface area (Å²) in [5, 5.41) is 14.1. The van der Waals surface area contributed by atoms with Crippen LogP contribution in [0.5, 0.6) is 5.75 Å². The summed E-state index contributed by atoms with van der Waals surface area (Å²) in [6.07, 6.45) is 0.545. The lowest BCUT2D eigenvalue weighted by Crippen LogP contribution is -2.06. The first-order valence-corrected chi connectivity index (χ1v) is 6.37. The third-order valence-electron chi connectivity index (χ3n) is 2.95. The molecule has 0 aromatic heterocycles. The SMILES string of the molecule is O=COc1ccc(NCCc2ccccc2[N+](=O)[O-])cc1. The molecule has 0 heterocycles. The van der Waals surface area contributed by atoms with Gasteiger partial charge in [0.15, 0.2) is 0 Å². The largest absolute Gasteiger partial charge is 0.429 e. The van der Waals surface area contributed by atoms with E-state index in [1.807, 2.05) is 0 Å². The van der Waals surface area contributed by atoms with Crippen LogP contribution in [0.1, 0.15) is 5.56 Å². The number of carbonyl (C=O) groups excluding carboxylic acids is 1. The Bertz CT molecular complexity index is 626. The van der Waals surface area contributed by atoms with Gasteiger partial charge < -0.3 is 10.1 Å². The number of rotatable bonds is 7. The fraction of sp³-hybridized carbons (Fsp3) is 0.133. The molecule has 0 aliphatic carbocycles. The molecule has 21 heavy (non-hydrogen) atoms. The highest BCUT2D eigenvalue weighted by Crippen LogP contribution is 2.19. The van der Waals surface area contributed by atoms with Gasteiger partial charge in [-0.1, -0.05) is 18.2 Å². The standard InChI is InChI=1S/C15H14N2O4/c18-11-21-14-7-5-13(6-8-14)16-10-9-12-3-1-2-4-15(12)17(19)20/h1-8,11,16H,9-10H2. The lowest BCUT2D eigenvalue weighted by Gasteiger charge is -2.07. The second kappa shape index (κ2) is 7.04. The van der Waals surface area contributed by atoms with Crippen LogP contribution in [0.4, 0.5) is 11.4 Å². The van der Waals surface area contributed by atoms with E-state index < -0.39 is 0 Å². The van der Waals surface area contributed by atoms with E-state index in [1.54, 1.807) is 42.5 Å². The normalized spacial score (nSPS) is 9.90. The van der Waals surface area contributed by atoms with Gasteiger partial charge in [-0.25, -0.2) is 0 Å². The predicted octanol–water partition coefficient (Wildman–Crippen LogP) is 2.78. The maximum atomic E-state index is 10.9. The van der Waals surface area contributed by atoms with Gasteiger partial charge in [0.2, 0.25) is 0 Å². The Morgan fingerprint density at radius 3 is 2.52 bits per heavy atom. The highest BCUT2D eigenvalue weighted by atomic mass is 16.6. The Labute approximate surface area is 121 Å². The molecule has 0 amide bonds. The van der Waals surface area contributed by atoms with E-state index in [1.165, 1.54) is 6.07 Å². The van der Waals surface area contributed by atoms with Crippen molar-refractivity contribution in [3.63, 3.8) is 0 Å². The van der Waals surface area contributed by atoms with E-state index in [-0.39, 0.29) is 10.6 Å². The Morgan fingerprint density at radius 1 is 1.14 bits per heavy atom. The molecular formula is C15H14N2O4. The fourth-order valence-electron chi connectivity index (χ4n) is 1.95. The lowest BCUT2D eigenvalue weighted by atomic mass is 10.1. The third kappa shape index (κ3) is 4.04. The third-order valence-corrected chi connectivity index (χ3v) is 2.95. The van der Waals surface area contributed by atoms with E-state index in [0.29, 0.717) is 30.8 Å². The van der Waals surface area contributed by atoms with Crippen LogP contribution >= 0.6 is 0 Å². The average Bonchev–Trinajstić information content (AvgIpc) is 2.50. The monoisotopic (exact) mass is 286 g/mol. The zero-order valence-corrected chi connectivity index (χ0v) is 11.2. The van der Waals surface area contributed by atoms with E-state index in [4.69, 9.17) is 4.74 Å². The molecule has 0 fully saturated rings. The molecule has 0 unspecified atom stereocenters. The zero-order chi connectivity index (χ0) is 15.1. The highest BCUT2D eigenvalue weighted by molar-refractivity contribution is 5.51.